The van der Waals surface area contributed by atoms with Crippen molar-refractivity contribution >= 4 is 32.7 Å². The molecule has 3 aromatic rings. The summed E-state index contributed by atoms with van der Waals surface area (Å²) in [5.74, 6) is 4.49. The van der Waals surface area contributed by atoms with Crippen molar-refractivity contribution < 1.29 is 26.7 Å². The highest BCUT2D eigenvalue weighted by Gasteiger charge is 2.38. The van der Waals surface area contributed by atoms with Gasteiger partial charge in [-0.05, 0) is 47.7 Å². The van der Waals surface area contributed by atoms with Gasteiger partial charge in [0.05, 0.1) is 16.0 Å². The summed E-state index contributed by atoms with van der Waals surface area (Å²) in [6.07, 6.45) is 5.20. The summed E-state index contributed by atoms with van der Waals surface area (Å²) in [6.45, 7) is 1.28. The zero-order valence-electron chi connectivity index (χ0n) is 19.2. The van der Waals surface area contributed by atoms with E-state index in [1.54, 1.807) is 18.2 Å². The molecule has 0 atom stereocenters. The van der Waals surface area contributed by atoms with E-state index >= 15 is 0 Å². The lowest BCUT2D eigenvalue weighted by Crippen LogP contribution is -2.41. The molecule has 6 nitrogen and oxygen atoms in total. The van der Waals surface area contributed by atoms with E-state index in [9.17, 15) is 22.4 Å². The van der Waals surface area contributed by atoms with Gasteiger partial charge in [-0.3, -0.25) is 9.59 Å². The summed E-state index contributed by atoms with van der Waals surface area (Å²) in [6, 6.07) is 13.2. The van der Waals surface area contributed by atoms with Crippen LogP contribution in [0.4, 0.5) is 4.39 Å². The number of unbranched alkanes of at least 4 members (excludes halogenated alkanes) is 4. The lowest BCUT2D eigenvalue weighted by Gasteiger charge is -2.25. The number of carbonyl (C=O) groups excluding carboxylic acids is 2. The van der Waals surface area contributed by atoms with Crippen LogP contribution >= 0.6 is 0 Å². The van der Waals surface area contributed by atoms with Gasteiger partial charge in [-0.1, -0.05) is 62.3 Å². The molecule has 0 N–H and O–H groups in total. The van der Waals surface area contributed by atoms with Crippen molar-refractivity contribution in [1.29, 1.82) is 0 Å². The molecule has 180 valence electrons. The number of hydrogen-bond donors (Lipinski definition) is 0. The van der Waals surface area contributed by atoms with Crippen LogP contribution in [-0.4, -0.2) is 25.3 Å². The summed E-state index contributed by atoms with van der Waals surface area (Å²) in [5, 5.41) is 1.30. The van der Waals surface area contributed by atoms with Crippen LogP contribution in [0.1, 0.15) is 70.9 Å². The Morgan fingerprint density at radius 1 is 0.943 bits per heavy atom. The molecule has 35 heavy (non-hydrogen) atoms. The van der Waals surface area contributed by atoms with Crippen LogP contribution in [0, 0.1) is 11.8 Å². The van der Waals surface area contributed by atoms with Crippen LogP contribution in [0.5, 0.6) is 0 Å². The average Bonchev–Trinajstić information content (AvgIpc) is 2.87. The van der Waals surface area contributed by atoms with Gasteiger partial charge < -0.3 is 0 Å². The fourth-order valence-electron chi connectivity index (χ4n) is 3.97. The lowest BCUT2D eigenvalue weighted by atomic mass is 9.92. The molecule has 0 unspecified atom stereocenters. The quantitative estimate of drug-likeness (QED) is 0.234. The number of rotatable bonds is 8. The SMILES string of the molecule is CCCCCCC#Cc1ccc2c3c(cccc13)C(=O)N(OS(=O)(=O)c1cccc(CF)c1)C2=O. The predicted octanol–water partition coefficient (Wildman–Crippen LogP) is 5.55. The van der Waals surface area contributed by atoms with Crippen molar-refractivity contribution in [1.82, 2.24) is 5.06 Å². The highest BCUT2D eigenvalue weighted by Crippen LogP contribution is 2.33. The molecule has 0 bridgehead atoms. The van der Waals surface area contributed by atoms with E-state index in [-0.39, 0.29) is 26.6 Å². The summed E-state index contributed by atoms with van der Waals surface area (Å²) in [7, 11) is -4.56. The molecular formula is C27H24FNO5S. The molecule has 2 amide bonds. The van der Waals surface area contributed by atoms with Crippen molar-refractivity contribution in [3.05, 3.63) is 76.9 Å². The third kappa shape index (κ3) is 4.97. The normalized spacial score (nSPS) is 13.1. The van der Waals surface area contributed by atoms with Crippen molar-refractivity contribution in [2.45, 2.75) is 50.6 Å². The minimum Gasteiger partial charge on any atom is -0.266 e. The number of amides is 2. The molecule has 8 heteroatoms. The number of carbonyl (C=O) groups is 2. The van der Waals surface area contributed by atoms with E-state index < -0.39 is 28.6 Å². The second-order valence-electron chi connectivity index (χ2n) is 8.22. The highest BCUT2D eigenvalue weighted by atomic mass is 32.2. The zero-order chi connectivity index (χ0) is 25.0. The Morgan fingerprint density at radius 2 is 1.69 bits per heavy atom. The van der Waals surface area contributed by atoms with E-state index in [1.165, 1.54) is 36.8 Å². The first-order chi connectivity index (χ1) is 16.9. The Hall–Kier alpha value is -3.54. The molecule has 3 aromatic carbocycles. The number of alkyl halides is 1. The van der Waals surface area contributed by atoms with Gasteiger partial charge in [0, 0.05) is 17.4 Å². The van der Waals surface area contributed by atoms with Crippen molar-refractivity contribution in [3.63, 3.8) is 0 Å². The Labute approximate surface area is 203 Å². The Kier molecular flexibility index (Phi) is 7.29. The molecule has 0 radical (unpaired) electrons. The largest absolute Gasteiger partial charge is 0.318 e. The molecule has 0 saturated carbocycles. The third-order valence-electron chi connectivity index (χ3n) is 5.76. The van der Waals surface area contributed by atoms with Gasteiger partial charge in [-0.15, -0.1) is 9.35 Å². The standard InChI is InChI=1S/C27H24FNO5S/c1-2-3-4-5-6-7-11-20-15-16-24-25-22(20)13-9-14-23(25)26(30)29(27(24)31)34-35(32,33)21-12-8-10-19(17-21)18-28/h8-10,12-17H,2-6,18H2,1H3. The van der Waals surface area contributed by atoms with Gasteiger partial charge in [0.2, 0.25) is 0 Å². The smallest absolute Gasteiger partial charge is 0.266 e. The summed E-state index contributed by atoms with van der Waals surface area (Å²) in [5.41, 5.74) is 1.08. The molecule has 1 aliphatic rings. The lowest BCUT2D eigenvalue weighted by molar-refractivity contribution is -0.0155. The number of nitrogens with zero attached hydrogens (tertiary/aromatic N) is 1. The first-order valence-corrected chi connectivity index (χ1v) is 12.8. The third-order valence-corrected chi connectivity index (χ3v) is 6.94. The maximum Gasteiger partial charge on any atom is 0.318 e. The van der Waals surface area contributed by atoms with Gasteiger partial charge in [0.1, 0.15) is 6.67 Å². The molecule has 1 aliphatic heterocycles. The van der Waals surface area contributed by atoms with Gasteiger partial charge in [-0.2, -0.15) is 8.42 Å². The molecular weight excluding hydrogens is 469 g/mol. The van der Waals surface area contributed by atoms with Gasteiger partial charge in [0.25, 0.3) is 11.8 Å². The van der Waals surface area contributed by atoms with Crippen LogP contribution < -0.4 is 0 Å². The summed E-state index contributed by atoms with van der Waals surface area (Å²) < 4.78 is 43.5. The maximum atomic E-state index is 13.1. The summed E-state index contributed by atoms with van der Waals surface area (Å²) in [4.78, 5) is 25.9. The van der Waals surface area contributed by atoms with E-state index in [0.29, 0.717) is 16.3 Å². The monoisotopic (exact) mass is 493 g/mol. The summed E-state index contributed by atoms with van der Waals surface area (Å²) >= 11 is 0. The van der Waals surface area contributed by atoms with E-state index in [4.69, 9.17) is 4.28 Å². The molecule has 0 aliphatic carbocycles. The van der Waals surface area contributed by atoms with Crippen molar-refractivity contribution in [2.75, 3.05) is 0 Å². The van der Waals surface area contributed by atoms with Crippen LogP contribution in [0.25, 0.3) is 10.8 Å². The first-order valence-electron chi connectivity index (χ1n) is 11.4. The van der Waals surface area contributed by atoms with E-state index in [0.717, 1.165) is 31.7 Å². The topological polar surface area (TPSA) is 80.8 Å². The number of imide groups is 1. The van der Waals surface area contributed by atoms with Gasteiger partial charge >= 0.3 is 10.1 Å². The fourth-order valence-corrected chi connectivity index (χ4v) is 4.93. The number of hydroxylamine groups is 2. The van der Waals surface area contributed by atoms with Crippen molar-refractivity contribution in [2.24, 2.45) is 0 Å². The Bertz CT molecular complexity index is 1450. The molecule has 0 aromatic heterocycles. The average molecular weight is 494 g/mol. The second-order valence-corrected chi connectivity index (χ2v) is 9.74. The minimum absolute atomic E-state index is 0.125. The van der Waals surface area contributed by atoms with Crippen LogP contribution in [-0.2, 0) is 21.1 Å². The molecule has 0 spiro atoms. The van der Waals surface area contributed by atoms with Gasteiger partial charge in [0.15, 0.2) is 0 Å². The second kappa shape index (κ2) is 10.4. The van der Waals surface area contributed by atoms with E-state index in [1.807, 2.05) is 0 Å². The van der Waals surface area contributed by atoms with Crippen LogP contribution in [0.3, 0.4) is 0 Å². The Balaban J connectivity index is 1.66. The molecule has 1 heterocycles. The maximum absolute atomic E-state index is 13.1. The predicted molar refractivity (Wildman–Crippen MR) is 130 cm³/mol. The number of halogens is 1. The number of benzene rings is 3. The van der Waals surface area contributed by atoms with Crippen LogP contribution in [0.2, 0.25) is 0 Å². The first kappa shape index (κ1) is 24.6. The molecule has 0 saturated heterocycles. The minimum atomic E-state index is -4.56. The van der Waals surface area contributed by atoms with Crippen LogP contribution in [0.15, 0.2) is 59.5 Å². The fraction of sp³-hybridized carbons (Fsp3) is 0.259. The number of hydrogen-bond acceptors (Lipinski definition) is 5. The highest BCUT2D eigenvalue weighted by molar-refractivity contribution is 7.86. The molecule has 0 fully saturated rings. The zero-order valence-corrected chi connectivity index (χ0v) is 20.0. The van der Waals surface area contributed by atoms with E-state index in [2.05, 4.69) is 18.8 Å². The van der Waals surface area contributed by atoms with Gasteiger partial charge in [-0.25, -0.2) is 4.39 Å². The van der Waals surface area contributed by atoms with Crippen molar-refractivity contribution in [3.8, 4) is 11.8 Å². The Morgan fingerprint density at radius 3 is 2.43 bits per heavy atom. The molecule has 4 rings (SSSR count).